The number of hydrogen-bond acceptors (Lipinski definition) is 10. The number of aromatic hydroxyl groups is 1. The Balaban J connectivity index is 1.16. The summed E-state index contributed by atoms with van der Waals surface area (Å²) < 4.78 is 47.1. The van der Waals surface area contributed by atoms with Crippen LogP contribution in [0.15, 0.2) is 48.5 Å². The number of rotatable bonds is 11. The number of carbonyl (C=O) groups is 1. The lowest BCUT2D eigenvalue weighted by molar-refractivity contribution is -0.162. The van der Waals surface area contributed by atoms with E-state index in [1.807, 2.05) is 42.5 Å². The van der Waals surface area contributed by atoms with E-state index >= 15 is 4.39 Å². The highest BCUT2D eigenvalue weighted by Crippen LogP contribution is 2.42. The first kappa shape index (κ1) is 39.3. The Morgan fingerprint density at radius 2 is 1.75 bits per heavy atom. The quantitative estimate of drug-likeness (QED) is 0.148. The van der Waals surface area contributed by atoms with Crippen molar-refractivity contribution in [1.82, 2.24) is 14.7 Å². The maximum atomic E-state index is 15.9. The summed E-state index contributed by atoms with van der Waals surface area (Å²) in [5.74, 6) is -0.0923. The molecule has 0 radical (unpaired) electrons. The summed E-state index contributed by atoms with van der Waals surface area (Å²) in [6, 6.07) is 16.0. The molecule has 3 saturated heterocycles. The summed E-state index contributed by atoms with van der Waals surface area (Å²) in [5, 5.41) is 27.6. The Morgan fingerprint density at radius 3 is 2.45 bits per heavy atom. The van der Waals surface area contributed by atoms with Crippen LogP contribution in [-0.2, 0) is 18.9 Å². The third-order valence-corrected chi connectivity index (χ3v) is 10.4. The van der Waals surface area contributed by atoms with Gasteiger partial charge in [0, 0.05) is 62.5 Å². The molecule has 0 aliphatic carbocycles. The van der Waals surface area contributed by atoms with Crippen molar-refractivity contribution < 1.29 is 38.0 Å². The molecule has 4 aromatic rings. The molecule has 1 amide bonds. The van der Waals surface area contributed by atoms with Crippen LogP contribution in [0, 0.1) is 17.1 Å². The molecule has 2 atom stereocenters. The number of fused-ring (bicyclic) bond motifs is 1. The topological polar surface area (TPSA) is 132 Å². The van der Waals surface area contributed by atoms with Gasteiger partial charge >= 0.3 is 6.09 Å². The molecule has 3 aliphatic heterocycles. The summed E-state index contributed by atoms with van der Waals surface area (Å²) in [7, 11) is 0. The van der Waals surface area contributed by atoms with E-state index in [1.165, 1.54) is 6.07 Å². The Labute approximate surface area is 327 Å². The largest absolute Gasteiger partial charge is 0.506 e. The zero-order valence-electron chi connectivity index (χ0n) is 32.6. The molecular formula is C43H52FN5O7. The number of amides is 1. The smallest absolute Gasteiger partial charge is 0.410 e. The number of ether oxygens (including phenoxy) is 5. The van der Waals surface area contributed by atoms with Crippen molar-refractivity contribution in [2.75, 3.05) is 57.5 Å². The van der Waals surface area contributed by atoms with E-state index in [1.54, 1.807) is 35.2 Å². The van der Waals surface area contributed by atoms with Crippen molar-refractivity contribution in [3.8, 4) is 40.0 Å². The van der Waals surface area contributed by atoms with Crippen LogP contribution in [0.1, 0.15) is 83.9 Å². The molecule has 13 heteroatoms. The number of hydrogen-bond donors (Lipinski definition) is 1. The minimum atomic E-state index is -0.578. The first-order valence-corrected chi connectivity index (χ1v) is 19.9. The van der Waals surface area contributed by atoms with E-state index < -0.39 is 11.4 Å². The van der Waals surface area contributed by atoms with Crippen LogP contribution in [0.25, 0.3) is 33.3 Å². The third-order valence-electron chi connectivity index (χ3n) is 10.4. The fraction of sp³-hybridized carbons (Fsp3) is 0.512. The molecule has 0 bridgehead atoms. The van der Waals surface area contributed by atoms with Crippen molar-refractivity contribution in [2.45, 2.75) is 90.3 Å². The van der Waals surface area contributed by atoms with E-state index in [0.717, 1.165) is 51.6 Å². The average Bonchev–Trinajstić information content (AvgIpc) is 3.57. The number of nitrogens with zero attached hydrogens (tertiary/aromatic N) is 5. The number of phenolic OH excluding ortho intramolecular Hbond substituents is 1. The number of nitriles is 1. The van der Waals surface area contributed by atoms with Crippen LogP contribution in [0.5, 0.6) is 11.5 Å². The van der Waals surface area contributed by atoms with E-state index in [4.69, 9.17) is 28.8 Å². The minimum Gasteiger partial charge on any atom is -0.506 e. The van der Waals surface area contributed by atoms with Crippen LogP contribution in [-0.4, -0.2) is 90.4 Å². The lowest BCUT2D eigenvalue weighted by atomic mass is 9.95. The molecule has 56 heavy (non-hydrogen) atoms. The maximum absolute atomic E-state index is 15.9. The van der Waals surface area contributed by atoms with Crippen molar-refractivity contribution in [3.05, 3.63) is 59.9 Å². The number of anilines is 1. The van der Waals surface area contributed by atoms with E-state index in [-0.39, 0.29) is 35.5 Å². The second-order valence-electron chi connectivity index (χ2n) is 15.6. The molecule has 0 saturated carbocycles. The molecule has 7 rings (SSSR count). The first-order chi connectivity index (χ1) is 27.1. The highest BCUT2D eigenvalue weighted by Gasteiger charge is 2.29. The number of phenols is 1. The predicted molar refractivity (Wildman–Crippen MR) is 210 cm³/mol. The number of piperazine rings is 1. The van der Waals surface area contributed by atoms with Gasteiger partial charge in [0.1, 0.15) is 28.6 Å². The molecule has 298 valence electrons. The molecule has 2 unspecified atom stereocenters. The molecule has 12 nitrogen and oxygen atoms in total. The second-order valence-corrected chi connectivity index (χ2v) is 15.6. The van der Waals surface area contributed by atoms with Gasteiger partial charge in [-0.25, -0.2) is 13.9 Å². The fourth-order valence-corrected chi connectivity index (χ4v) is 7.56. The first-order valence-electron chi connectivity index (χ1n) is 19.9. The summed E-state index contributed by atoms with van der Waals surface area (Å²) in [5.41, 5.74) is 2.83. The van der Waals surface area contributed by atoms with Crippen LogP contribution in [0.3, 0.4) is 0 Å². The van der Waals surface area contributed by atoms with E-state index in [0.29, 0.717) is 91.6 Å². The average molecular weight is 770 g/mol. The van der Waals surface area contributed by atoms with Crippen molar-refractivity contribution in [3.63, 3.8) is 0 Å². The number of unbranched alkanes of at least 4 members (excludes halogenated alkanes) is 1. The molecular weight excluding hydrogens is 717 g/mol. The zero-order valence-corrected chi connectivity index (χ0v) is 32.6. The normalized spacial score (nSPS) is 19.2. The van der Waals surface area contributed by atoms with Crippen molar-refractivity contribution in [2.24, 2.45) is 0 Å². The predicted octanol–water partition coefficient (Wildman–Crippen LogP) is 8.55. The van der Waals surface area contributed by atoms with Gasteiger partial charge in [-0.05, 0) is 109 Å². The Morgan fingerprint density at radius 1 is 0.982 bits per heavy atom. The minimum absolute atomic E-state index is 0.0696. The van der Waals surface area contributed by atoms with Gasteiger partial charge in [0.05, 0.1) is 35.0 Å². The lowest BCUT2D eigenvalue weighted by Crippen LogP contribution is -2.50. The van der Waals surface area contributed by atoms with Gasteiger partial charge in [-0.2, -0.15) is 10.4 Å². The molecule has 3 fully saturated rings. The maximum Gasteiger partial charge on any atom is 0.410 e. The molecule has 3 aromatic carbocycles. The van der Waals surface area contributed by atoms with E-state index in [9.17, 15) is 15.2 Å². The fourth-order valence-electron chi connectivity index (χ4n) is 7.56. The van der Waals surface area contributed by atoms with Crippen molar-refractivity contribution in [1.29, 1.82) is 5.26 Å². The summed E-state index contributed by atoms with van der Waals surface area (Å²) >= 11 is 0. The highest BCUT2D eigenvalue weighted by molar-refractivity contribution is 5.99. The van der Waals surface area contributed by atoms with Crippen LogP contribution < -0.4 is 9.64 Å². The molecule has 4 heterocycles. The second kappa shape index (κ2) is 17.5. The van der Waals surface area contributed by atoms with Crippen LogP contribution >= 0.6 is 0 Å². The Hall–Kier alpha value is -4.90. The lowest BCUT2D eigenvalue weighted by Gasteiger charge is -2.37. The van der Waals surface area contributed by atoms with Gasteiger partial charge < -0.3 is 38.6 Å². The van der Waals surface area contributed by atoms with Crippen molar-refractivity contribution >= 4 is 22.7 Å². The molecule has 1 aromatic heterocycles. The standard InChI is InChI=1S/C43H52FN5O7/c1-43(2,3)56-42(51)48-19-17-47(18-20-48)34-16-15-29(26-36(34)50)41-32-27-31(30(28-45)25-35(32)49(46-41)38-13-4-6-22-53-38)40-33(44)11-10-12-37(40)52-21-8-9-24-55-39-14-5-7-23-54-39/h10-12,15-16,25-27,38-39,50H,4-9,13-14,17-24H2,1-3H3. The number of benzene rings is 3. The summed E-state index contributed by atoms with van der Waals surface area (Å²) in [6.45, 7) is 9.74. The molecule has 0 spiro atoms. The highest BCUT2D eigenvalue weighted by atomic mass is 19.1. The van der Waals surface area contributed by atoms with E-state index in [2.05, 4.69) is 6.07 Å². The van der Waals surface area contributed by atoms with Crippen LogP contribution in [0.2, 0.25) is 0 Å². The molecule has 1 N–H and O–H groups in total. The third kappa shape index (κ3) is 9.04. The SMILES string of the molecule is CC(C)(C)OC(=O)N1CCN(c2ccc(-c3nn(C4CCCCO4)c4cc(C#N)c(-c5c(F)cccc5OCCCCOC5CCCCO5)cc34)cc2O)CC1. The number of aromatic nitrogens is 2. The Bertz CT molecular complexity index is 2040. The molecule has 3 aliphatic rings. The van der Waals surface area contributed by atoms with Gasteiger partial charge in [-0.15, -0.1) is 0 Å². The summed E-state index contributed by atoms with van der Waals surface area (Å²) in [4.78, 5) is 16.4. The number of carbonyl (C=O) groups excluding carboxylic acids is 1. The monoisotopic (exact) mass is 769 g/mol. The number of halogens is 1. The van der Waals surface area contributed by atoms with Gasteiger partial charge in [0.15, 0.2) is 12.5 Å². The van der Waals surface area contributed by atoms with Gasteiger partial charge in [-0.3, -0.25) is 0 Å². The Kier molecular flexibility index (Phi) is 12.3. The van der Waals surface area contributed by atoms with Gasteiger partial charge in [-0.1, -0.05) is 12.1 Å². The van der Waals surface area contributed by atoms with Crippen LogP contribution in [0.4, 0.5) is 14.9 Å². The van der Waals surface area contributed by atoms with Gasteiger partial charge in [0.25, 0.3) is 0 Å². The zero-order chi connectivity index (χ0) is 39.2. The summed E-state index contributed by atoms with van der Waals surface area (Å²) in [6.07, 6.45) is 6.39. The van der Waals surface area contributed by atoms with Gasteiger partial charge in [0.2, 0.25) is 0 Å².